The van der Waals surface area contributed by atoms with Gasteiger partial charge in [0.05, 0.1) is 0 Å². The Morgan fingerprint density at radius 3 is 1.00 bits per heavy atom. The van der Waals surface area contributed by atoms with E-state index >= 15 is 0 Å². The van der Waals surface area contributed by atoms with Gasteiger partial charge in [0.2, 0.25) is 0 Å². The van der Waals surface area contributed by atoms with Gasteiger partial charge in [-0.15, -0.1) is 0 Å². The van der Waals surface area contributed by atoms with E-state index in [9.17, 15) is 0 Å². The van der Waals surface area contributed by atoms with Gasteiger partial charge in [0.1, 0.15) is 0 Å². The molecule has 0 saturated carbocycles. The summed E-state index contributed by atoms with van der Waals surface area (Å²) in [6, 6.07) is 0. The molecule has 0 aromatic heterocycles. The number of rotatable bonds is 0. The number of hydrogen-bond donors (Lipinski definition) is 0. The fourth-order valence-corrected chi connectivity index (χ4v) is 0. The zero-order valence-corrected chi connectivity index (χ0v) is 11.8. The van der Waals surface area contributed by atoms with Crippen molar-refractivity contribution in [3.63, 3.8) is 0 Å². The van der Waals surface area contributed by atoms with Crippen LogP contribution in [0.2, 0.25) is 0 Å². The molecule has 0 heterocycles. The maximum atomic E-state index is 4.73. The van der Waals surface area contributed by atoms with Crippen molar-refractivity contribution in [3.8, 4) is 0 Å². The van der Waals surface area contributed by atoms with Gasteiger partial charge < -0.3 is 24.8 Å². The zero-order chi connectivity index (χ0) is 2.71. The average molecular weight is 264 g/mol. The first-order chi connectivity index (χ1) is 1.41. The van der Waals surface area contributed by atoms with Crippen LogP contribution in [0.25, 0.3) is 0 Å². The van der Waals surface area contributed by atoms with Crippen LogP contribution in [-0.2, 0) is 12.9 Å². The Kier molecular flexibility index (Phi) is 143. The SMILES string of the molecule is [Ca+2].[Cl-].[Cl-].[Cl][Co][Cl].[Na+]. The minimum atomic E-state index is 0. The van der Waals surface area contributed by atoms with Crippen LogP contribution in [0.5, 0.6) is 0 Å². The van der Waals surface area contributed by atoms with Crippen LogP contribution in [0.1, 0.15) is 0 Å². The van der Waals surface area contributed by atoms with Gasteiger partial charge >= 0.3 is 100 Å². The van der Waals surface area contributed by atoms with Crippen LogP contribution in [0.15, 0.2) is 0 Å². The molecule has 7 heavy (non-hydrogen) atoms. The van der Waals surface area contributed by atoms with Crippen molar-refractivity contribution in [3.05, 3.63) is 0 Å². The third-order valence-corrected chi connectivity index (χ3v) is 0. The third kappa shape index (κ3) is 40.5. The van der Waals surface area contributed by atoms with E-state index in [1.54, 1.807) is 0 Å². The second kappa shape index (κ2) is 32.6. The summed E-state index contributed by atoms with van der Waals surface area (Å²) in [6.07, 6.45) is 0. The Morgan fingerprint density at radius 2 is 1.00 bits per heavy atom. The molecule has 0 aromatic carbocycles. The summed E-state index contributed by atoms with van der Waals surface area (Å²) in [5, 5.41) is 0. The van der Waals surface area contributed by atoms with Gasteiger partial charge in [-0.2, -0.15) is 0 Å². The van der Waals surface area contributed by atoms with Gasteiger partial charge in [-0.25, -0.2) is 0 Å². The Hall–Kier alpha value is 3.93. The molecular formula is CaCl4CoNa+. The van der Waals surface area contributed by atoms with Crippen molar-refractivity contribution in [2.24, 2.45) is 0 Å². The van der Waals surface area contributed by atoms with Gasteiger partial charge in [-0.05, 0) is 0 Å². The van der Waals surface area contributed by atoms with E-state index < -0.39 is 0 Å². The Labute approximate surface area is 122 Å². The van der Waals surface area contributed by atoms with E-state index in [2.05, 4.69) is 0 Å². The first kappa shape index (κ1) is 30.7. The molecule has 0 bridgehead atoms. The maximum Gasteiger partial charge on any atom is 1.00 e. The minimum Gasteiger partial charge on any atom is 1.00 e. The van der Waals surface area contributed by atoms with E-state index in [0.717, 1.165) is 0 Å². The molecule has 0 nitrogen and oxygen atoms in total. The van der Waals surface area contributed by atoms with Gasteiger partial charge in [-0.3, -0.25) is 0 Å². The second-order valence-corrected chi connectivity index (χ2v) is 1.77. The van der Waals surface area contributed by atoms with E-state index in [1.165, 1.54) is 0 Å². The van der Waals surface area contributed by atoms with Crippen LogP contribution in [-0.4, -0.2) is 37.7 Å². The molecule has 0 aliphatic rings. The van der Waals surface area contributed by atoms with Crippen molar-refractivity contribution < 1.29 is 67.3 Å². The van der Waals surface area contributed by atoms with Gasteiger partial charge in [0, 0.05) is 0 Å². The second-order valence-electron chi connectivity index (χ2n) is 0.0476. The van der Waals surface area contributed by atoms with Crippen LogP contribution < -0.4 is 54.4 Å². The minimum absolute atomic E-state index is 0. The van der Waals surface area contributed by atoms with E-state index in [4.69, 9.17) is 20.3 Å². The van der Waals surface area contributed by atoms with Gasteiger partial charge in [-0.1, -0.05) is 0 Å². The molecule has 0 aliphatic carbocycles. The molecule has 0 aromatic rings. The number of hydrogen-bond acceptors (Lipinski definition) is 0. The summed E-state index contributed by atoms with van der Waals surface area (Å²) in [7, 11) is 9.47. The standard InChI is InChI=1S/Ca.4ClH.Co.Na/h;4*1H;;/q+2;;;;;+2;+1/p-4. The fraction of sp³-hybridized carbons (Fsp3) is 0. The molecule has 0 fully saturated rings. The molecule has 0 unspecified atom stereocenters. The fourth-order valence-electron chi connectivity index (χ4n) is 0. The van der Waals surface area contributed by atoms with Crippen molar-refractivity contribution in [1.29, 1.82) is 0 Å². The summed E-state index contributed by atoms with van der Waals surface area (Å²) in [6.45, 7) is 0. The van der Waals surface area contributed by atoms with Crippen LogP contribution in [0, 0.1) is 0 Å². The molecule has 0 spiro atoms. The summed E-state index contributed by atoms with van der Waals surface area (Å²) in [4.78, 5) is 0. The first-order valence-electron chi connectivity index (χ1n) is 0.252. The molecule has 0 amide bonds. The molecule has 0 atom stereocenters. The predicted octanol–water partition coefficient (Wildman–Crippen LogP) is -7.99. The van der Waals surface area contributed by atoms with E-state index in [1.807, 2.05) is 0 Å². The summed E-state index contributed by atoms with van der Waals surface area (Å²) < 4.78 is 0. The van der Waals surface area contributed by atoms with Crippen molar-refractivity contribution in [1.82, 2.24) is 0 Å². The molecular weight excluding hydrogens is 264 g/mol. The largest absolute Gasteiger partial charge is 1.00 e. The molecule has 0 N–H and O–H groups in total. The Bertz CT molecular complexity index is 11.7. The third-order valence-electron chi connectivity index (χ3n) is 0. The summed E-state index contributed by atoms with van der Waals surface area (Å²) in [5.41, 5.74) is 0. The summed E-state index contributed by atoms with van der Waals surface area (Å²) >= 11 is 0.382. The smallest absolute Gasteiger partial charge is 1.00 e. The van der Waals surface area contributed by atoms with Gasteiger partial charge in [0.25, 0.3) is 0 Å². The molecule has 0 rings (SSSR count). The molecule has 0 radical (unpaired) electrons. The zero-order valence-electron chi connectivity index (χ0n) is 3.55. The monoisotopic (exact) mass is 262 g/mol. The Morgan fingerprint density at radius 1 is 1.00 bits per heavy atom. The van der Waals surface area contributed by atoms with Crippen molar-refractivity contribution in [2.45, 2.75) is 0 Å². The normalized spacial score (nSPS) is 3.14. The van der Waals surface area contributed by atoms with Crippen LogP contribution in [0.4, 0.5) is 0 Å². The average Bonchev–Trinajstić information content (AvgIpc) is 0.918. The van der Waals surface area contributed by atoms with E-state index in [-0.39, 0.29) is 92.1 Å². The molecule has 0 saturated heterocycles. The molecule has 7 heteroatoms. The van der Waals surface area contributed by atoms with Crippen molar-refractivity contribution in [2.75, 3.05) is 0 Å². The summed E-state index contributed by atoms with van der Waals surface area (Å²) in [5.74, 6) is 0. The van der Waals surface area contributed by atoms with E-state index in [0.29, 0.717) is 12.9 Å². The Balaban J connectivity index is -0.00000000333. The first-order valence-corrected chi connectivity index (χ1v) is 3.12. The van der Waals surface area contributed by atoms with Crippen LogP contribution >= 0.6 is 20.3 Å². The molecule has 39 valence electrons. The molecule has 0 aliphatic heterocycles. The predicted molar refractivity (Wildman–Crippen MR) is 17.5 cm³/mol. The number of halogens is 4. The van der Waals surface area contributed by atoms with Gasteiger partial charge in [0.15, 0.2) is 0 Å². The van der Waals surface area contributed by atoms with Crippen LogP contribution in [0.3, 0.4) is 0 Å². The van der Waals surface area contributed by atoms with Crippen molar-refractivity contribution >= 4 is 58.0 Å². The quantitative estimate of drug-likeness (QED) is 0.381. The maximum absolute atomic E-state index is 4.73. The topological polar surface area (TPSA) is 0 Å².